The minimum atomic E-state index is 0.0868. The summed E-state index contributed by atoms with van der Waals surface area (Å²) in [6.45, 7) is 14.9. The molecule has 0 radical (unpaired) electrons. The third-order valence-electron chi connectivity index (χ3n) is 2.11. The molecule has 0 saturated carbocycles. The maximum absolute atomic E-state index is 4.57. The molecule has 1 unspecified atom stereocenters. The number of rotatable bonds is 4. The van der Waals surface area contributed by atoms with Crippen LogP contribution in [0.4, 0.5) is 0 Å². The van der Waals surface area contributed by atoms with Crippen LogP contribution >= 0.6 is 12.6 Å². The van der Waals surface area contributed by atoms with E-state index in [4.69, 9.17) is 0 Å². The first-order chi connectivity index (χ1) is 5.58. The average molecular weight is 191 g/mol. The van der Waals surface area contributed by atoms with Crippen molar-refractivity contribution in [1.29, 1.82) is 0 Å². The third kappa shape index (κ3) is 5.04. The smallest absolute Gasteiger partial charge is 0.0609 e. The van der Waals surface area contributed by atoms with Gasteiger partial charge in [0.25, 0.3) is 0 Å². The van der Waals surface area contributed by atoms with Crippen molar-refractivity contribution in [2.75, 3.05) is 13.1 Å². The molecule has 0 heterocycles. The molecule has 0 bridgehead atoms. The van der Waals surface area contributed by atoms with Crippen molar-refractivity contribution in [3.63, 3.8) is 0 Å². The van der Waals surface area contributed by atoms with Gasteiger partial charge in [-0.25, -0.2) is 0 Å². The molecule has 0 aliphatic rings. The van der Waals surface area contributed by atoms with Gasteiger partial charge < -0.3 is 0 Å². The minimum Gasteiger partial charge on any atom is -0.290 e. The minimum absolute atomic E-state index is 0.0868. The highest BCUT2D eigenvalue weighted by Gasteiger charge is 2.22. The van der Waals surface area contributed by atoms with E-state index < -0.39 is 0 Å². The average Bonchev–Trinajstić information content (AvgIpc) is 2.10. The van der Waals surface area contributed by atoms with Gasteiger partial charge in [0.15, 0.2) is 0 Å². The van der Waals surface area contributed by atoms with Gasteiger partial charge >= 0.3 is 0 Å². The van der Waals surface area contributed by atoms with Crippen LogP contribution in [0.1, 0.15) is 48.0 Å². The Labute approximate surface area is 83.9 Å². The zero-order valence-corrected chi connectivity index (χ0v) is 10.4. The predicted molar refractivity (Wildman–Crippen MR) is 62.0 cm³/mol. The lowest BCUT2D eigenvalue weighted by molar-refractivity contribution is 0.199. The Morgan fingerprint density at radius 3 is 1.50 bits per heavy atom. The highest BCUT2D eigenvalue weighted by atomic mass is 32.1. The van der Waals surface area contributed by atoms with E-state index >= 15 is 0 Å². The van der Waals surface area contributed by atoms with Gasteiger partial charge in [-0.05, 0) is 26.4 Å². The Morgan fingerprint density at radius 2 is 1.42 bits per heavy atom. The van der Waals surface area contributed by atoms with E-state index in [2.05, 4.69) is 45.2 Å². The second-order valence-corrected chi connectivity index (χ2v) is 3.71. The Bertz CT molecular complexity index is 87.8. The van der Waals surface area contributed by atoms with E-state index in [9.17, 15) is 0 Å². The maximum Gasteiger partial charge on any atom is 0.0609 e. The van der Waals surface area contributed by atoms with Crippen molar-refractivity contribution in [2.24, 2.45) is 0 Å². The normalized spacial score (nSPS) is 15.0. The summed E-state index contributed by atoms with van der Waals surface area (Å²) in [4.78, 5) is 2.44. The van der Waals surface area contributed by atoms with Crippen LogP contribution in [0, 0.1) is 0 Å². The second-order valence-electron chi connectivity index (χ2n) is 2.74. The third-order valence-corrected chi connectivity index (χ3v) is 2.71. The summed E-state index contributed by atoms with van der Waals surface area (Å²) in [6.07, 6.45) is 1.10. The fourth-order valence-corrected chi connectivity index (χ4v) is 1.41. The van der Waals surface area contributed by atoms with Crippen molar-refractivity contribution in [3.05, 3.63) is 0 Å². The summed E-state index contributed by atoms with van der Waals surface area (Å²) in [5.74, 6) is 0. The number of thiol groups is 1. The first-order valence-electron chi connectivity index (χ1n) is 5.05. The molecule has 0 saturated heterocycles. The Hall–Kier alpha value is 0.310. The summed E-state index contributed by atoms with van der Waals surface area (Å²) in [5.41, 5.74) is 0. The standard InChI is InChI=1S/C8H19NS.C2H6/c1-5-8(4,10)9(6-2)7-3;1-2/h10H,5-7H2,1-4H3;1-2H3. The summed E-state index contributed by atoms with van der Waals surface area (Å²) < 4.78 is 0. The lowest BCUT2D eigenvalue weighted by atomic mass is 10.2. The van der Waals surface area contributed by atoms with Crippen LogP contribution in [0.3, 0.4) is 0 Å². The quantitative estimate of drug-likeness (QED) is 0.526. The van der Waals surface area contributed by atoms with Crippen molar-refractivity contribution >= 4 is 12.6 Å². The van der Waals surface area contributed by atoms with Gasteiger partial charge in [0.2, 0.25) is 0 Å². The molecule has 12 heavy (non-hydrogen) atoms. The predicted octanol–water partition coefficient (Wildman–Crippen LogP) is 3.41. The van der Waals surface area contributed by atoms with E-state index in [1.807, 2.05) is 13.8 Å². The molecular weight excluding hydrogens is 166 g/mol. The van der Waals surface area contributed by atoms with E-state index in [1.165, 1.54) is 0 Å². The Kier molecular flexibility index (Phi) is 9.79. The second kappa shape index (κ2) is 7.93. The van der Waals surface area contributed by atoms with Gasteiger partial charge in [-0.3, -0.25) is 4.90 Å². The molecule has 0 spiro atoms. The van der Waals surface area contributed by atoms with Gasteiger partial charge in [-0.15, -0.1) is 0 Å². The van der Waals surface area contributed by atoms with Crippen LogP contribution in [0.15, 0.2) is 0 Å². The molecule has 0 aromatic rings. The molecule has 76 valence electrons. The van der Waals surface area contributed by atoms with E-state index in [0.29, 0.717) is 0 Å². The first-order valence-corrected chi connectivity index (χ1v) is 5.50. The van der Waals surface area contributed by atoms with Crippen LogP contribution in [0.2, 0.25) is 0 Å². The number of nitrogens with zero attached hydrogens (tertiary/aromatic N) is 1. The van der Waals surface area contributed by atoms with Crippen molar-refractivity contribution in [1.82, 2.24) is 4.90 Å². The molecule has 1 nitrogen and oxygen atoms in total. The van der Waals surface area contributed by atoms with Crippen molar-refractivity contribution < 1.29 is 0 Å². The van der Waals surface area contributed by atoms with Gasteiger partial charge in [0.05, 0.1) is 4.87 Å². The lowest BCUT2D eigenvalue weighted by Crippen LogP contribution is -2.40. The van der Waals surface area contributed by atoms with Crippen LogP contribution in [-0.2, 0) is 0 Å². The van der Waals surface area contributed by atoms with E-state index in [1.54, 1.807) is 0 Å². The molecule has 0 aliphatic carbocycles. The zero-order valence-electron chi connectivity index (χ0n) is 9.52. The summed E-state index contributed by atoms with van der Waals surface area (Å²) in [6, 6.07) is 0. The topological polar surface area (TPSA) is 3.24 Å². The van der Waals surface area contributed by atoms with Gasteiger partial charge in [0, 0.05) is 0 Å². The molecular formula is C10H25NS. The van der Waals surface area contributed by atoms with E-state index in [0.717, 1.165) is 19.5 Å². The molecule has 0 fully saturated rings. The van der Waals surface area contributed by atoms with Crippen LogP contribution in [0.25, 0.3) is 0 Å². The lowest BCUT2D eigenvalue weighted by Gasteiger charge is -2.35. The van der Waals surface area contributed by atoms with E-state index in [-0.39, 0.29) is 4.87 Å². The Balaban J connectivity index is 0. The molecule has 0 aromatic carbocycles. The molecule has 0 aromatic heterocycles. The molecule has 0 amide bonds. The number of hydrogen-bond donors (Lipinski definition) is 1. The molecule has 0 aliphatic heterocycles. The van der Waals surface area contributed by atoms with Crippen molar-refractivity contribution in [3.8, 4) is 0 Å². The van der Waals surface area contributed by atoms with Gasteiger partial charge in [0.1, 0.15) is 0 Å². The van der Waals surface area contributed by atoms with Gasteiger partial charge in [-0.2, -0.15) is 12.6 Å². The Morgan fingerprint density at radius 1 is 1.08 bits per heavy atom. The monoisotopic (exact) mass is 191 g/mol. The first kappa shape index (κ1) is 14.8. The fourth-order valence-electron chi connectivity index (χ4n) is 1.13. The fraction of sp³-hybridized carbons (Fsp3) is 1.00. The van der Waals surface area contributed by atoms with Crippen LogP contribution in [0.5, 0.6) is 0 Å². The molecule has 0 N–H and O–H groups in total. The maximum atomic E-state index is 4.57. The SMILES string of the molecule is CC.CCN(CC)C(C)(S)CC. The molecule has 2 heteroatoms. The largest absolute Gasteiger partial charge is 0.290 e. The zero-order chi connectivity index (χ0) is 10.2. The summed E-state index contributed by atoms with van der Waals surface area (Å²) in [7, 11) is 0. The highest BCUT2D eigenvalue weighted by Crippen LogP contribution is 2.22. The van der Waals surface area contributed by atoms with Crippen LogP contribution < -0.4 is 0 Å². The summed E-state index contributed by atoms with van der Waals surface area (Å²) in [5, 5.41) is 0. The highest BCUT2D eigenvalue weighted by molar-refractivity contribution is 7.81. The van der Waals surface area contributed by atoms with Crippen LogP contribution in [-0.4, -0.2) is 22.9 Å². The van der Waals surface area contributed by atoms with Gasteiger partial charge in [-0.1, -0.05) is 34.6 Å². The van der Waals surface area contributed by atoms with Crippen molar-refractivity contribution in [2.45, 2.75) is 52.8 Å². The number of hydrogen-bond acceptors (Lipinski definition) is 2. The summed E-state index contributed by atoms with van der Waals surface area (Å²) >= 11 is 4.57. The molecule has 1 atom stereocenters. The molecule has 0 rings (SSSR count).